The largest absolute Gasteiger partial charge is 0.392 e. The maximum absolute atomic E-state index is 11.1. The van der Waals surface area contributed by atoms with Gasteiger partial charge in [-0.15, -0.1) is 0 Å². The van der Waals surface area contributed by atoms with Crippen molar-refractivity contribution < 1.29 is 13.5 Å². The molecular formula is C7H17NO3S. The highest BCUT2D eigenvalue weighted by atomic mass is 32.2. The van der Waals surface area contributed by atoms with Crippen LogP contribution in [0.25, 0.3) is 0 Å². The van der Waals surface area contributed by atoms with Gasteiger partial charge in [-0.3, -0.25) is 0 Å². The molecule has 1 unspecified atom stereocenters. The number of hydrogen-bond donors (Lipinski definition) is 2. The number of aliphatic hydroxyl groups excluding tert-OH is 1. The summed E-state index contributed by atoms with van der Waals surface area (Å²) in [5, 5.41) is 8.82. The van der Waals surface area contributed by atoms with Gasteiger partial charge in [0, 0.05) is 6.54 Å². The molecular weight excluding hydrogens is 178 g/mol. The average molecular weight is 195 g/mol. The van der Waals surface area contributed by atoms with Crippen LogP contribution in [0.15, 0.2) is 0 Å². The van der Waals surface area contributed by atoms with Gasteiger partial charge < -0.3 is 5.11 Å². The number of nitrogens with one attached hydrogen (secondary N) is 1. The Labute approximate surface area is 74.0 Å². The summed E-state index contributed by atoms with van der Waals surface area (Å²) in [5.74, 6) is 0.219. The summed E-state index contributed by atoms with van der Waals surface area (Å²) in [4.78, 5) is 0. The summed E-state index contributed by atoms with van der Waals surface area (Å²) in [6.07, 6.45) is -0.632. The van der Waals surface area contributed by atoms with Crippen molar-refractivity contribution in [2.24, 2.45) is 5.92 Å². The van der Waals surface area contributed by atoms with Crippen molar-refractivity contribution in [3.8, 4) is 0 Å². The Hall–Kier alpha value is -0.130. The molecule has 0 saturated carbocycles. The van der Waals surface area contributed by atoms with E-state index in [0.717, 1.165) is 0 Å². The molecule has 2 N–H and O–H groups in total. The van der Waals surface area contributed by atoms with Crippen molar-refractivity contribution >= 4 is 10.0 Å². The smallest absolute Gasteiger partial charge is 0.211 e. The second kappa shape index (κ2) is 4.79. The molecule has 4 nitrogen and oxygen atoms in total. The highest BCUT2D eigenvalue weighted by Crippen LogP contribution is 1.97. The van der Waals surface area contributed by atoms with Gasteiger partial charge in [0.2, 0.25) is 10.0 Å². The van der Waals surface area contributed by atoms with Gasteiger partial charge in [0.15, 0.2) is 0 Å². The van der Waals surface area contributed by atoms with E-state index in [0.29, 0.717) is 0 Å². The highest BCUT2D eigenvalue weighted by molar-refractivity contribution is 7.89. The van der Waals surface area contributed by atoms with Crippen LogP contribution in [0.5, 0.6) is 0 Å². The van der Waals surface area contributed by atoms with Crippen LogP contribution in [0.1, 0.15) is 20.8 Å². The predicted molar refractivity (Wildman–Crippen MR) is 48.3 cm³/mol. The van der Waals surface area contributed by atoms with Gasteiger partial charge in [-0.2, -0.15) is 0 Å². The van der Waals surface area contributed by atoms with Crippen LogP contribution in [0.3, 0.4) is 0 Å². The third kappa shape index (κ3) is 6.57. The fourth-order valence-corrected chi connectivity index (χ4v) is 2.24. The quantitative estimate of drug-likeness (QED) is 0.646. The summed E-state index contributed by atoms with van der Waals surface area (Å²) in [7, 11) is -3.19. The minimum atomic E-state index is -3.19. The number of rotatable bonds is 5. The molecule has 0 heterocycles. The number of aliphatic hydroxyl groups is 1. The van der Waals surface area contributed by atoms with E-state index in [1.54, 1.807) is 0 Å². The Morgan fingerprint density at radius 1 is 1.33 bits per heavy atom. The van der Waals surface area contributed by atoms with E-state index in [4.69, 9.17) is 5.11 Å². The molecule has 0 aromatic carbocycles. The fourth-order valence-electron chi connectivity index (χ4n) is 0.745. The average Bonchev–Trinajstić information content (AvgIpc) is 1.81. The van der Waals surface area contributed by atoms with E-state index in [-0.39, 0.29) is 18.2 Å². The number of hydrogen-bond acceptors (Lipinski definition) is 3. The van der Waals surface area contributed by atoms with Gasteiger partial charge in [0.05, 0.1) is 11.9 Å². The number of sulfonamides is 1. The van der Waals surface area contributed by atoms with Crippen molar-refractivity contribution in [2.45, 2.75) is 26.9 Å². The molecule has 0 aromatic rings. The topological polar surface area (TPSA) is 66.4 Å². The van der Waals surface area contributed by atoms with E-state index in [1.807, 2.05) is 13.8 Å². The van der Waals surface area contributed by atoms with Crippen molar-refractivity contribution in [3.05, 3.63) is 0 Å². The normalized spacial score (nSPS) is 15.1. The highest BCUT2D eigenvalue weighted by Gasteiger charge is 2.12. The molecule has 0 saturated heterocycles. The van der Waals surface area contributed by atoms with Crippen molar-refractivity contribution in [3.63, 3.8) is 0 Å². The Balaban J connectivity index is 3.89. The summed E-state index contributed by atoms with van der Waals surface area (Å²) in [6, 6.07) is 0. The molecule has 0 bridgehead atoms. The molecule has 0 aliphatic heterocycles. The van der Waals surface area contributed by atoms with E-state index < -0.39 is 16.1 Å². The second-order valence-electron chi connectivity index (χ2n) is 3.37. The Morgan fingerprint density at radius 3 is 2.17 bits per heavy atom. The first-order chi connectivity index (χ1) is 5.33. The Bertz CT molecular complexity index is 209. The van der Waals surface area contributed by atoms with Gasteiger partial charge in [-0.25, -0.2) is 13.1 Å². The summed E-state index contributed by atoms with van der Waals surface area (Å²) in [6.45, 7) is 5.30. The molecule has 0 rings (SSSR count). The summed E-state index contributed by atoms with van der Waals surface area (Å²) >= 11 is 0. The van der Waals surface area contributed by atoms with Crippen LogP contribution >= 0.6 is 0 Å². The van der Waals surface area contributed by atoms with E-state index in [2.05, 4.69) is 4.72 Å². The van der Waals surface area contributed by atoms with Crippen LogP contribution < -0.4 is 4.72 Å². The third-order valence-electron chi connectivity index (χ3n) is 1.15. The lowest BCUT2D eigenvalue weighted by Gasteiger charge is -2.09. The zero-order valence-corrected chi connectivity index (χ0v) is 8.56. The molecule has 5 heteroatoms. The van der Waals surface area contributed by atoms with E-state index >= 15 is 0 Å². The standard InChI is InChI=1S/C7H17NO3S/c1-6(2)5-12(10,11)8-4-7(3)9/h6-9H,4-5H2,1-3H3. The Kier molecular flexibility index (Phi) is 4.74. The SMILES string of the molecule is CC(C)CS(=O)(=O)NCC(C)O. The van der Waals surface area contributed by atoms with Crippen LogP contribution in [0.2, 0.25) is 0 Å². The minimum Gasteiger partial charge on any atom is -0.392 e. The molecule has 0 aliphatic carbocycles. The van der Waals surface area contributed by atoms with Gasteiger partial charge in [-0.1, -0.05) is 13.8 Å². The maximum Gasteiger partial charge on any atom is 0.211 e. The molecule has 0 aliphatic rings. The summed E-state index contributed by atoms with van der Waals surface area (Å²) in [5.41, 5.74) is 0. The minimum absolute atomic E-state index is 0.0923. The lowest BCUT2D eigenvalue weighted by Crippen LogP contribution is -2.33. The van der Waals surface area contributed by atoms with E-state index in [1.165, 1.54) is 6.92 Å². The van der Waals surface area contributed by atoms with Gasteiger partial charge in [0.25, 0.3) is 0 Å². The maximum atomic E-state index is 11.1. The fraction of sp³-hybridized carbons (Fsp3) is 1.00. The first-order valence-electron chi connectivity index (χ1n) is 3.99. The van der Waals surface area contributed by atoms with E-state index in [9.17, 15) is 8.42 Å². The molecule has 0 amide bonds. The third-order valence-corrected chi connectivity index (χ3v) is 2.86. The molecule has 0 fully saturated rings. The van der Waals surface area contributed by atoms with Gasteiger partial charge in [0.1, 0.15) is 0 Å². The molecule has 0 radical (unpaired) electrons. The van der Waals surface area contributed by atoms with Crippen LogP contribution in [0, 0.1) is 5.92 Å². The second-order valence-corrected chi connectivity index (χ2v) is 5.22. The Morgan fingerprint density at radius 2 is 1.83 bits per heavy atom. The van der Waals surface area contributed by atoms with Crippen LogP contribution in [0.4, 0.5) is 0 Å². The zero-order chi connectivity index (χ0) is 9.78. The monoisotopic (exact) mass is 195 g/mol. The van der Waals surface area contributed by atoms with Gasteiger partial charge >= 0.3 is 0 Å². The first kappa shape index (κ1) is 11.9. The predicted octanol–water partition coefficient (Wildman–Crippen LogP) is -0.0574. The summed E-state index contributed by atoms with van der Waals surface area (Å²) < 4.78 is 24.6. The van der Waals surface area contributed by atoms with Crippen molar-refractivity contribution in [1.82, 2.24) is 4.72 Å². The molecule has 74 valence electrons. The van der Waals surface area contributed by atoms with Crippen molar-refractivity contribution in [1.29, 1.82) is 0 Å². The van der Waals surface area contributed by atoms with Crippen LogP contribution in [-0.2, 0) is 10.0 Å². The molecule has 0 spiro atoms. The molecule has 0 aromatic heterocycles. The first-order valence-corrected chi connectivity index (χ1v) is 5.64. The van der Waals surface area contributed by atoms with Crippen LogP contribution in [-0.4, -0.2) is 31.9 Å². The molecule has 12 heavy (non-hydrogen) atoms. The molecule has 1 atom stereocenters. The van der Waals surface area contributed by atoms with Gasteiger partial charge in [-0.05, 0) is 12.8 Å². The lowest BCUT2D eigenvalue weighted by molar-refractivity contribution is 0.198. The zero-order valence-electron chi connectivity index (χ0n) is 7.74. The lowest BCUT2D eigenvalue weighted by atomic mass is 10.3. The van der Waals surface area contributed by atoms with Crippen molar-refractivity contribution in [2.75, 3.05) is 12.3 Å².